The summed E-state index contributed by atoms with van der Waals surface area (Å²) in [6.45, 7) is 2.19. The Labute approximate surface area is 151 Å². The van der Waals surface area contributed by atoms with Crippen LogP contribution in [0.5, 0.6) is 0 Å². The van der Waals surface area contributed by atoms with Crippen molar-refractivity contribution in [3.8, 4) is 0 Å². The minimum Gasteiger partial charge on any atom is -0.467 e. The van der Waals surface area contributed by atoms with Gasteiger partial charge in [0.15, 0.2) is 0 Å². The molecule has 1 saturated carbocycles. The SMILES string of the molecule is COC(=O)COC1(c2cccnc2Br)CCC2(CCNCC2)CC1. The van der Waals surface area contributed by atoms with Crippen LogP contribution >= 0.6 is 15.9 Å². The van der Waals surface area contributed by atoms with Crippen LogP contribution in [-0.2, 0) is 19.9 Å². The number of piperidine rings is 1. The molecular weight excluding hydrogens is 372 g/mol. The van der Waals surface area contributed by atoms with Gasteiger partial charge in [-0.2, -0.15) is 0 Å². The average Bonchev–Trinajstić information content (AvgIpc) is 2.63. The summed E-state index contributed by atoms with van der Waals surface area (Å²) in [4.78, 5) is 16.0. The van der Waals surface area contributed by atoms with E-state index in [1.165, 1.54) is 20.0 Å². The molecule has 2 aliphatic rings. The summed E-state index contributed by atoms with van der Waals surface area (Å²) in [5.74, 6) is -0.337. The van der Waals surface area contributed by atoms with Crippen LogP contribution in [0.3, 0.4) is 0 Å². The number of rotatable bonds is 4. The fraction of sp³-hybridized carbons (Fsp3) is 0.667. The van der Waals surface area contributed by atoms with E-state index in [9.17, 15) is 4.79 Å². The highest BCUT2D eigenvalue weighted by molar-refractivity contribution is 9.10. The molecule has 1 N–H and O–H groups in total. The van der Waals surface area contributed by atoms with E-state index < -0.39 is 5.60 Å². The molecule has 0 aromatic carbocycles. The third-order valence-corrected chi connectivity index (χ3v) is 6.36. The summed E-state index contributed by atoms with van der Waals surface area (Å²) < 4.78 is 11.7. The summed E-state index contributed by atoms with van der Waals surface area (Å²) in [5.41, 5.74) is 1.01. The molecule has 2 fully saturated rings. The number of carbonyl (C=O) groups is 1. The number of aromatic nitrogens is 1. The zero-order valence-corrected chi connectivity index (χ0v) is 15.7. The van der Waals surface area contributed by atoms with Crippen molar-refractivity contribution >= 4 is 21.9 Å². The molecule has 1 aliphatic heterocycles. The van der Waals surface area contributed by atoms with E-state index in [1.807, 2.05) is 6.07 Å². The summed E-state index contributed by atoms with van der Waals surface area (Å²) >= 11 is 3.56. The maximum Gasteiger partial charge on any atom is 0.331 e. The molecule has 6 heteroatoms. The first-order valence-corrected chi connectivity index (χ1v) is 9.41. The number of methoxy groups -OCH3 is 1. The van der Waals surface area contributed by atoms with Crippen molar-refractivity contribution in [2.24, 2.45) is 5.41 Å². The summed E-state index contributed by atoms with van der Waals surface area (Å²) in [6.07, 6.45) is 8.29. The third-order valence-electron chi connectivity index (χ3n) is 5.73. The highest BCUT2D eigenvalue weighted by Crippen LogP contribution is 2.52. The van der Waals surface area contributed by atoms with Gasteiger partial charge in [0.2, 0.25) is 0 Å². The Bertz CT molecular complexity index is 577. The summed E-state index contributed by atoms with van der Waals surface area (Å²) in [7, 11) is 1.39. The van der Waals surface area contributed by atoms with Crippen LogP contribution in [0.25, 0.3) is 0 Å². The van der Waals surface area contributed by atoms with Gasteiger partial charge in [0.1, 0.15) is 11.2 Å². The topological polar surface area (TPSA) is 60.5 Å². The zero-order chi connectivity index (χ0) is 17.0. The lowest BCUT2D eigenvalue weighted by atomic mass is 9.63. The molecule has 24 heavy (non-hydrogen) atoms. The van der Waals surface area contributed by atoms with Gasteiger partial charge in [0.05, 0.1) is 12.7 Å². The molecule has 0 amide bonds. The van der Waals surface area contributed by atoms with Gasteiger partial charge in [0.25, 0.3) is 0 Å². The van der Waals surface area contributed by atoms with Gasteiger partial charge in [-0.15, -0.1) is 0 Å². The molecule has 3 rings (SSSR count). The Morgan fingerprint density at radius 3 is 2.58 bits per heavy atom. The predicted octanol–water partition coefficient (Wildman–Crippen LogP) is 3.17. The number of hydrogen-bond acceptors (Lipinski definition) is 5. The molecule has 0 radical (unpaired) electrons. The van der Waals surface area contributed by atoms with Gasteiger partial charge in [0, 0.05) is 11.8 Å². The largest absolute Gasteiger partial charge is 0.467 e. The smallest absolute Gasteiger partial charge is 0.331 e. The Kier molecular flexibility index (Phi) is 5.57. The molecule has 5 nitrogen and oxygen atoms in total. The number of carbonyl (C=O) groups excluding carboxylic acids is 1. The lowest BCUT2D eigenvalue weighted by Gasteiger charge is -2.48. The Morgan fingerprint density at radius 2 is 1.96 bits per heavy atom. The van der Waals surface area contributed by atoms with E-state index in [1.54, 1.807) is 6.20 Å². The first kappa shape index (κ1) is 17.8. The first-order chi connectivity index (χ1) is 11.6. The van der Waals surface area contributed by atoms with Gasteiger partial charge >= 0.3 is 5.97 Å². The van der Waals surface area contributed by atoms with E-state index in [0.717, 1.165) is 48.9 Å². The van der Waals surface area contributed by atoms with Gasteiger partial charge in [-0.1, -0.05) is 6.07 Å². The van der Waals surface area contributed by atoms with Crippen LogP contribution in [0.4, 0.5) is 0 Å². The normalized spacial score (nSPS) is 22.2. The van der Waals surface area contributed by atoms with E-state index in [0.29, 0.717) is 5.41 Å². The average molecular weight is 397 g/mol. The first-order valence-electron chi connectivity index (χ1n) is 8.62. The van der Waals surface area contributed by atoms with Gasteiger partial charge in [-0.25, -0.2) is 9.78 Å². The van der Waals surface area contributed by atoms with E-state index in [-0.39, 0.29) is 12.6 Å². The second-order valence-corrected chi connectivity index (χ2v) is 7.70. The molecule has 1 aliphatic carbocycles. The fourth-order valence-corrected chi connectivity index (χ4v) is 4.73. The number of nitrogens with zero attached hydrogens (tertiary/aromatic N) is 1. The fourth-order valence-electron chi connectivity index (χ4n) is 4.11. The quantitative estimate of drug-likeness (QED) is 0.625. The van der Waals surface area contributed by atoms with E-state index in [2.05, 4.69) is 32.3 Å². The second kappa shape index (κ2) is 7.50. The van der Waals surface area contributed by atoms with Gasteiger partial charge in [-0.05, 0) is 79.0 Å². The minimum absolute atomic E-state index is 0.0214. The van der Waals surface area contributed by atoms with Gasteiger partial charge in [-0.3, -0.25) is 0 Å². The standard InChI is InChI=1S/C18H25BrN2O3/c1-23-15(22)13-24-18(14-3-2-10-21-16(14)19)6-4-17(5-7-18)8-11-20-12-9-17/h2-3,10,20H,4-9,11-13H2,1H3. The molecule has 132 valence electrons. The number of pyridine rings is 1. The number of nitrogens with one attached hydrogen (secondary N) is 1. The second-order valence-electron chi connectivity index (χ2n) is 6.95. The molecule has 1 spiro atoms. The summed E-state index contributed by atoms with van der Waals surface area (Å²) in [6, 6.07) is 3.98. The van der Waals surface area contributed by atoms with E-state index in [4.69, 9.17) is 9.47 Å². The van der Waals surface area contributed by atoms with Crippen LogP contribution in [0.15, 0.2) is 22.9 Å². The molecule has 0 atom stereocenters. The van der Waals surface area contributed by atoms with E-state index >= 15 is 0 Å². The minimum atomic E-state index is -0.461. The van der Waals surface area contributed by atoms with Crippen molar-refractivity contribution in [2.75, 3.05) is 26.8 Å². The van der Waals surface area contributed by atoms with Crippen LogP contribution < -0.4 is 5.32 Å². The van der Waals surface area contributed by atoms with Crippen molar-refractivity contribution < 1.29 is 14.3 Å². The number of esters is 1. The van der Waals surface area contributed by atoms with Crippen LogP contribution in [0.2, 0.25) is 0 Å². The Hall–Kier alpha value is -0.980. The molecule has 2 heterocycles. The number of ether oxygens (including phenoxy) is 2. The van der Waals surface area contributed by atoms with Gasteiger partial charge < -0.3 is 14.8 Å². The van der Waals surface area contributed by atoms with Crippen molar-refractivity contribution in [3.63, 3.8) is 0 Å². The molecule has 1 aromatic rings. The zero-order valence-electron chi connectivity index (χ0n) is 14.1. The maximum atomic E-state index is 11.6. The van der Waals surface area contributed by atoms with Crippen molar-refractivity contribution in [3.05, 3.63) is 28.5 Å². The van der Waals surface area contributed by atoms with Crippen molar-refractivity contribution in [1.82, 2.24) is 10.3 Å². The predicted molar refractivity (Wildman–Crippen MR) is 94.6 cm³/mol. The third kappa shape index (κ3) is 3.65. The van der Waals surface area contributed by atoms with Crippen LogP contribution in [-0.4, -0.2) is 37.8 Å². The molecule has 1 aromatic heterocycles. The molecule has 0 unspecified atom stereocenters. The van der Waals surface area contributed by atoms with Crippen molar-refractivity contribution in [1.29, 1.82) is 0 Å². The highest BCUT2D eigenvalue weighted by atomic mass is 79.9. The highest BCUT2D eigenvalue weighted by Gasteiger charge is 2.46. The number of hydrogen-bond donors (Lipinski definition) is 1. The maximum absolute atomic E-state index is 11.6. The lowest BCUT2D eigenvalue weighted by Crippen LogP contribution is -2.45. The molecule has 1 saturated heterocycles. The van der Waals surface area contributed by atoms with Crippen LogP contribution in [0, 0.1) is 5.41 Å². The Morgan fingerprint density at radius 1 is 1.25 bits per heavy atom. The molecular formula is C18H25BrN2O3. The monoisotopic (exact) mass is 396 g/mol. The number of halogens is 1. The van der Waals surface area contributed by atoms with Crippen molar-refractivity contribution in [2.45, 2.75) is 44.1 Å². The molecule has 0 bridgehead atoms. The lowest BCUT2D eigenvalue weighted by molar-refractivity contribution is -0.160. The summed E-state index contributed by atoms with van der Waals surface area (Å²) in [5, 5.41) is 3.46. The Balaban J connectivity index is 1.81. The van der Waals surface area contributed by atoms with Crippen LogP contribution in [0.1, 0.15) is 44.1 Å².